The molecule has 0 aromatic heterocycles. The Labute approximate surface area is 93.0 Å². The van der Waals surface area contributed by atoms with Gasteiger partial charge >= 0.3 is 0 Å². The van der Waals surface area contributed by atoms with Crippen molar-refractivity contribution in [2.75, 3.05) is 13.7 Å². The minimum atomic E-state index is 0.239. The number of rotatable bonds is 4. The van der Waals surface area contributed by atoms with Gasteiger partial charge in [0.2, 0.25) is 0 Å². The summed E-state index contributed by atoms with van der Waals surface area (Å²) in [5.74, 6) is 0.887. The van der Waals surface area contributed by atoms with Gasteiger partial charge in [0.1, 0.15) is 5.75 Å². The van der Waals surface area contributed by atoms with E-state index in [1.165, 1.54) is 5.56 Å². The first-order chi connectivity index (χ1) is 6.69. The Morgan fingerprint density at radius 3 is 2.64 bits per heavy atom. The molecule has 0 bridgehead atoms. The van der Waals surface area contributed by atoms with Crippen LogP contribution in [-0.2, 0) is 6.42 Å². The maximum atomic E-state index is 8.73. The summed E-state index contributed by atoms with van der Waals surface area (Å²) in [4.78, 5) is 0. The Hall–Kier alpha value is -0.540. The van der Waals surface area contributed by atoms with E-state index in [4.69, 9.17) is 9.84 Å². The molecule has 1 N–H and O–H groups in total. The highest BCUT2D eigenvalue weighted by molar-refractivity contribution is 9.10. The van der Waals surface area contributed by atoms with E-state index in [0.717, 1.165) is 28.6 Å². The molecule has 0 aliphatic carbocycles. The van der Waals surface area contributed by atoms with Crippen LogP contribution in [0.5, 0.6) is 5.75 Å². The second-order valence-corrected chi connectivity index (χ2v) is 4.11. The molecule has 1 rings (SSSR count). The normalized spacial score (nSPS) is 10.3. The van der Waals surface area contributed by atoms with Crippen LogP contribution in [0, 0.1) is 6.92 Å². The lowest BCUT2D eigenvalue weighted by molar-refractivity contribution is 0.288. The Balaban J connectivity index is 2.90. The van der Waals surface area contributed by atoms with Crippen molar-refractivity contribution in [3.63, 3.8) is 0 Å². The molecule has 0 heterocycles. The van der Waals surface area contributed by atoms with Gasteiger partial charge in [0.15, 0.2) is 0 Å². The summed E-state index contributed by atoms with van der Waals surface area (Å²) >= 11 is 3.46. The van der Waals surface area contributed by atoms with Crippen LogP contribution in [0.2, 0.25) is 0 Å². The molecule has 1 aromatic rings. The van der Waals surface area contributed by atoms with Crippen LogP contribution < -0.4 is 4.74 Å². The van der Waals surface area contributed by atoms with Crippen molar-refractivity contribution in [1.82, 2.24) is 0 Å². The number of benzene rings is 1. The molecule has 0 atom stereocenters. The van der Waals surface area contributed by atoms with E-state index in [1.54, 1.807) is 7.11 Å². The van der Waals surface area contributed by atoms with Crippen molar-refractivity contribution in [3.8, 4) is 5.75 Å². The average Bonchev–Trinajstić information content (AvgIpc) is 2.14. The summed E-state index contributed by atoms with van der Waals surface area (Å²) in [5.41, 5.74) is 2.35. The first-order valence-electron chi connectivity index (χ1n) is 4.63. The molecular weight excluding hydrogens is 244 g/mol. The molecule has 2 nitrogen and oxygen atoms in total. The van der Waals surface area contributed by atoms with Crippen LogP contribution in [0.15, 0.2) is 16.6 Å². The van der Waals surface area contributed by atoms with Crippen molar-refractivity contribution in [2.24, 2.45) is 0 Å². The topological polar surface area (TPSA) is 29.5 Å². The third kappa shape index (κ3) is 2.72. The van der Waals surface area contributed by atoms with Gasteiger partial charge in [-0.15, -0.1) is 0 Å². The van der Waals surface area contributed by atoms with Crippen molar-refractivity contribution in [2.45, 2.75) is 19.8 Å². The Morgan fingerprint density at radius 2 is 2.14 bits per heavy atom. The highest BCUT2D eigenvalue weighted by Gasteiger charge is 2.05. The quantitative estimate of drug-likeness (QED) is 0.900. The number of halogens is 1. The predicted octanol–water partition coefficient (Wildman–Crippen LogP) is 2.69. The summed E-state index contributed by atoms with van der Waals surface area (Å²) in [5, 5.41) is 8.73. The van der Waals surface area contributed by atoms with E-state index >= 15 is 0 Å². The van der Waals surface area contributed by atoms with E-state index in [1.807, 2.05) is 13.0 Å². The zero-order chi connectivity index (χ0) is 10.6. The molecule has 3 heteroatoms. The monoisotopic (exact) mass is 258 g/mol. The molecule has 1 aromatic carbocycles. The molecule has 0 aliphatic rings. The number of hydrogen-bond donors (Lipinski definition) is 1. The van der Waals surface area contributed by atoms with Crippen molar-refractivity contribution < 1.29 is 9.84 Å². The summed E-state index contributed by atoms with van der Waals surface area (Å²) in [6.07, 6.45) is 1.71. The zero-order valence-corrected chi connectivity index (χ0v) is 10.1. The largest absolute Gasteiger partial charge is 0.495 e. The maximum absolute atomic E-state index is 8.73. The van der Waals surface area contributed by atoms with Crippen LogP contribution in [0.3, 0.4) is 0 Å². The van der Waals surface area contributed by atoms with Gasteiger partial charge in [0.25, 0.3) is 0 Å². The second kappa shape index (κ2) is 5.37. The highest BCUT2D eigenvalue weighted by Crippen LogP contribution is 2.30. The van der Waals surface area contributed by atoms with Crippen LogP contribution >= 0.6 is 15.9 Å². The molecule has 0 saturated heterocycles. The Kier molecular flexibility index (Phi) is 4.42. The predicted molar refractivity (Wildman–Crippen MR) is 60.8 cm³/mol. The summed E-state index contributed by atoms with van der Waals surface area (Å²) < 4.78 is 6.22. The third-order valence-electron chi connectivity index (χ3n) is 2.12. The molecule has 0 radical (unpaired) electrons. The summed E-state index contributed by atoms with van der Waals surface area (Å²) in [6, 6.07) is 4.14. The first kappa shape index (κ1) is 11.5. The SMILES string of the molecule is COc1c(C)cc(CCCO)cc1Br. The summed E-state index contributed by atoms with van der Waals surface area (Å²) in [7, 11) is 1.67. The van der Waals surface area contributed by atoms with Crippen LogP contribution in [0.1, 0.15) is 17.5 Å². The number of aliphatic hydroxyl groups excluding tert-OH is 1. The molecular formula is C11H15BrO2. The Morgan fingerprint density at radius 1 is 1.43 bits per heavy atom. The van der Waals surface area contributed by atoms with Crippen molar-refractivity contribution in [1.29, 1.82) is 0 Å². The van der Waals surface area contributed by atoms with Gasteiger partial charge in [-0.1, -0.05) is 6.07 Å². The van der Waals surface area contributed by atoms with E-state index < -0.39 is 0 Å². The Bertz CT molecular complexity index is 287. The molecule has 0 amide bonds. The standard InChI is InChI=1S/C11H15BrO2/c1-8-6-9(4-3-5-13)7-10(12)11(8)14-2/h6-7,13H,3-5H2,1-2H3. The minimum absolute atomic E-state index is 0.239. The number of aliphatic hydroxyl groups is 1. The van der Waals surface area contributed by atoms with Crippen molar-refractivity contribution >= 4 is 15.9 Å². The second-order valence-electron chi connectivity index (χ2n) is 3.25. The van der Waals surface area contributed by atoms with Gasteiger partial charge in [0, 0.05) is 6.61 Å². The van der Waals surface area contributed by atoms with Gasteiger partial charge in [-0.2, -0.15) is 0 Å². The van der Waals surface area contributed by atoms with E-state index in [-0.39, 0.29) is 6.61 Å². The lowest BCUT2D eigenvalue weighted by Crippen LogP contribution is -1.94. The molecule has 0 fully saturated rings. The fourth-order valence-electron chi connectivity index (χ4n) is 1.49. The molecule has 0 unspecified atom stereocenters. The minimum Gasteiger partial charge on any atom is -0.495 e. The van der Waals surface area contributed by atoms with Gasteiger partial charge in [-0.25, -0.2) is 0 Å². The van der Waals surface area contributed by atoms with Crippen molar-refractivity contribution in [3.05, 3.63) is 27.7 Å². The molecule has 14 heavy (non-hydrogen) atoms. The van der Waals surface area contributed by atoms with Gasteiger partial charge in [0.05, 0.1) is 11.6 Å². The molecule has 78 valence electrons. The zero-order valence-electron chi connectivity index (χ0n) is 8.51. The van der Waals surface area contributed by atoms with Crippen LogP contribution in [0.4, 0.5) is 0 Å². The third-order valence-corrected chi connectivity index (χ3v) is 2.71. The molecule has 0 aliphatic heterocycles. The van der Waals surface area contributed by atoms with E-state index in [2.05, 4.69) is 22.0 Å². The lowest BCUT2D eigenvalue weighted by atomic mass is 10.1. The number of ether oxygens (including phenoxy) is 1. The van der Waals surface area contributed by atoms with Crippen LogP contribution in [0.25, 0.3) is 0 Å². The number of hydrogen-bond acceptors (Lipinski definition) is 2. The average molecular weight is 259 g/mol. The lowest BCUT2D eigenvalue weighted by Gasteiger charge is -2.09. The van der Waals surface area contributed by atoms with Crippen LogP contribution in [-0.4, -0.2) is 18.8 Å². The first-order valence-corrected chi connectivity index (χ1v) is 5.42. The van der Waals surface area contributed by atoms with Gasteiger partial charge in [-0.3, -0.25) is 0 Å². The fraction of sp³-hybridized carbons (Fsp3) is 0.455. The maximum Gasteiger partial charge on any atom is 0.135 e. The summed E-state index contributed by atoms with van der Waals surface area (Å²) in [6.45, 7) is 2.26. The van der Waals surface area contributed by atoms with E-state index in [9.17, 15) is 0 Å². The fourth-order valence-corrected chi connectivity index (χ4v) is 2.26. The molecule has 0 spiro atoms. The highest BCUT2D eigenvalue weighted by atomic mass is 79.9. The molecule has 0 saturated carbocycles. The number of aryl methyl sites for hydroxylation is 2. The number of methoxy groups -OCH3 is 1. The van der Waals surface area contributed by atoms with Gasteiger partial charge < -0.3 is 9.84 Å². The smallest absolute Gasteiger partial charge is 0.135 e. The van der Waals surface area contributed by atoms with Gasteiger partial charge in [-0.05, 0) is 52.9 Å². The van der Waals surface area contributed by atoms with E-state index in [0.29, 0.717) is 0 Å².